The second kappa shape index (κ2) is 6.75. The van der Waals surface area contributed by atoms with Gasteiger partial charge in [0, 0.05) is 17.7 Å². The Morgan fingerprint density at radius 3 is 3.14 bits per heavy atom. The van der Waals surface area contributed by atoms with Crippen LogP contribution >= 0.6 is 0 Å². The van der Waals surface area contributed by atoms with Gasteiger partial charge in [-0.05, 0) is 57.0 Å². The van der Waals surface area contributed by atoms with Crippen LogP contribution in [-0.2, 0) is 4.79 Å². The molecule has 0 aliphatic carbocycles. The molecule has 5 heteroatoms. The van der Waals surface area contributed by atoms with Gasteiger partial charge in [-0.1, -0.05) is 6.07 Å². The number of rotatable bonds is 5. The molecule has 116 valence electrons. The van der Waals surface area contributed by atoms with Crippen molar-refractivity contribution in [1.82, 2.24) is 10.3 Å². The highest BCUT2D eigenvalue weighted by atomic mass is 16.3. The summed E-state index contributed by atoms with van der Waals surface area (Å²) in [6, 6.07) is 7.59. The molecule has 1 aliphatic heterocycles. The van der Waals surface area contributed by atoms with Gasteiger partial charge in [-0.25, -0.2) is 4.98 Å². The molecule has 1 amide bonds. The fourth-order valence-electron chi connectivity index (χ4n) is 2.74. The summed E-state index contributed by atoms with van der Waals surface area (Å²) in [5.74, 6) is 1.27. The molecule has 0 radical (unpaired) electrons. The number of anilines is 1. The van der Waals surface area contributed by atoms with Crippen LogP contribution in [0.2, 0.25) is 0 Å². The molecule has 1 aromatic carbocycles. The van der Waals surface area contributed by atoms with Crippen LogP contribution in [0.5, 0.6) is 0 Å². The maximum Gasteiger partial charge on any atom is 0.226 e. The maximum atomic E-state index is 12.1. The first kappa shape index (κ1) is 14.8. The van der Waals surface area contributed by atoms with Gasteiger partial charge in [0.2, 0.25) is 11.8 Å². The minimum absolute atomic E-state index is 0.0626. The second-order valence-electron chi connectivity index (χ2n) is 5.82. The van der Waals surface area contributed by atoms with E-state index in [0.717, 1.165) is 36.5 Å². The van der Waals surface area contributed by atoms with Crippen LogP contribution in [0.15, 0.2) is 34.9 Å². The van der Waals surface area contributed by atoms with E-state index in [-0.39, 0.29) is 5.91 Å². The van der Waals surface area contributed by atoms with Gasteiger partial charge in [0.1, 0.15) is 6.26 Å². The zero-order valence-electron chi connectivity index (χ0n) is 12.8. The zero-order valence-corrected chi connectivity index (χ0v) is 12.8. The van der Waals surface area contributed by atoms with E-state index in [1.54, 1.807) is 6.26 Å². The highest BCUT2D eigenvalue weighted by Crippen LogP contribution is 2.22. The quantitative estimate of drug-likeness (QED) is 0.890. The SMILES string of the molecule is Cc1coc(-c2cccc(NC(=O)CCC3CCNC3)c2)n1. The van der Waals surface area contributed by atoms with Crippen molar-refractivity contribution in [2.24, 2.45) is 5.92 Å². The van der Waals surface area contributed by atoms with Crippen molar-refractivity contribution in [3.05, 3.63) is 36.2 Å². The third-order valence-corrected chi connectivity index (χ3v) is 3.95. The first-order valence-corrected chi connectivity index (χ1v) is 7.74. The number of amides is 1. The Labute approximate surface area is 130 Å². The smallest absolute Gasteiger partial charge is 0.226 e. The van der Waals surface area contributed by atoms with Crippen molar-refractivity contribution in [2.45, 2.75) is 26.2 Å². The van der Waals surface area contributed by atoms with Gasteiger partial charge in [-0.3, -0.25) is 4.79 Å². The molecule has 1 aliphatic rings. The van der Waals surface area contributed by atoms with Gasteiger partial charge >= 0.3 is 0 Å². The van der Waals surface area contributed by atoms with Crippen LogP contribution in [0.3, 0.4) is 0 Å². The topological polar surface area (TPSA) is 67.2 Å². The Kier molecular flexibility index (Phi) is 4.53. The molecular weight excluding hydrogens is 278 g/mol. The lowest BCUT2D eigenvalue weighted by molar-refractivity contribution is -0.116. The molecule has 2 heterocycles. The highest BCUT2D eigenvalue weighted by molar-refractivity contribution is 5.91. The van der Waals surface area contributed by atoms with E-state index in [4.69, 9.17) is 4.42 Å². The van der Waals surface area contributed by atoms with E-state index < -0.39 is 0 Å². The first-order chi connectivity index (χ1) is 10.7. The monoisotopic (exact) mass is 299 g/mol. The third kappa shape index (κ3) is 3.74. The average Bonchev–Trinajstić information content (AvgIpc) is 3.17. The molecule has 5 nitrogen and oxygen atoms in total. The molecule has 1 saturated heterocycles. The fraction of sp³-hybridized carbons (Fsp3) is 0.412. The predicted molar refractivity (Wildman–Crippen MR) is 85.5 cm³/mol. The first-order valence-electron chi connectivity index (χ1n) is 7.74. The van der Waals surface area contributed by atoms with Crippen molar-refractivity contribution in [3.63, 3.8) is 0 Å². The number of nitrogens with zero attached hydrogens (tertiary/aromatic N) is 1. The predicted octanol–water partition coefficient (Wildman–Crippen LogP) is 2.98. The molecule has 2 N–H and O–H groups in total. The molecule has 1 fully saturated rings. The average molecular weight is 299 g/mol. The van der Waals surface area contributed by atoms with Crippen LogP contribution in [0, 0.1) is 12.8 Å². The fourth-order valence-corrected chi connectivity index (χ4v) is 2.74. The van der Waals surface area contributed by atoms with Gasteiger partial charge in [-0.15, -0.1) is 0 Å². The lowest BCUT2D eigenvalue weighted by atomic mass is 10.0. The summed E-state index contributed by atoms with van der Waals surface area (Å²) in [6.45, 7) is 3.99. The molecule has 1 atom stereocenters. The van der Waals surface area contributed by atoms with Crippen molar-refractivity contribution >= 4 is 11.6 Å². The summed E-state index contributed by atoms with van der Waals surface area (Å²) in [6.07, 6.45) is 4.30. The Morgan fingerprint density at radius 1 is 1.50 bits per heavy atom. The number of hydrogen-bond acceptors (Lipinski definition) is 4. The van der Waals surface area contributed by atoms with Crippen LogP contribution in [-0.4, -0.2) is 24.0 Å². The summed E-state index contributed by atoms with van der Waals surface area (Å²) in [7, 11) is 0. The van der Waals surface area contributed by atoms with E-state index in [9.17, 15) is 4.79 Å². The number of oxazole rings is 1. The Balaban J connectivity index is 1.58. The van der Waals surface area contributed by atoms with E-state index in [2.05, 4.69) is 15.6 Å². The normalized spacial score (nSPS) is 17.6. The van der Waals surface area contributed by atoms with Crippen molar-refractivity contribution in [3.8, 4) is 11.5 Å². The summed E-state index contributed by atoms with van der Waals surface area (Å²) in [5.41, 5.74) is 2.49. The van der Waals surface area contributed by atoms with Crippen LogP contribution in [0.1, 0.15) is 25.0 Å². The zero-order chi connectivity index (χ0) is 15.4. The van der Waals surface area contributed by atoms with E-state index in [1.165, 1.54) is 6.42 Å². The van der Waals surface area contributed by atoms with Crippen molar-refractivity contribution < 1.29 is 9.21 Å². The standard InChI is InChI=1S/C17H21N3O2/c1-12-11-22-17(19-12)14-3-2-4-15(9-14)20-16(21)6-5-13-7-8-18-10-13/h2-4,9,11,13,18H,5-8,10H2,1H3,(H,20,21). The number of carbonyl (C=O) groups excluding carboxylic acids is 1. The minimum Gasteiger partial charge on any atom is -0.444 e. The highest BCUT2D eigenvalue weighted by Gasteiger charge is 2.15. The molecule has 22 heavy (non-hydrogen) atoms. The Bertz CT molecular complexity index is 645. The summed E-state index contributed by atoms with van der Waals surface area (Å²) in [5, 5.41) is 6.28. The second-order valence-corrected chi connectivity index (χ2v) is 5.82. The lowest BCUT2D eigenvalue weighted by Gasteiger charge is -2.09. The van der Waals surface area contributed by atoms with Gasteiger partial charge in [-0.2, -0.15) is 0 Å². The van der Waals surface area contributed by atoms with Crippen LogP contribution in [0.4, 0.5) is 5.69 Å². The summed E-state index contributed by atoms with van der Waals surface area (Å²) >= 11 is 0. The molecule has 0 spiro atoms. The minimum atomic E-state index is 0.0626. The van der Waals surface area contributed by atoms with Gasteiger partial charge < -0.3 is 15.1 Å². The molecule has 1 unspecified atom stereocenters. The van der Waals surface area contributed by atoms with Crippen molar-refractivity contribution in [2.75, 3.05) is 18.4 Å². The maximum absolute atomic E-state index is 12.1. The van der Waals surface area contributed by atoms with E-state index in [0.29, 0.717) is 18.2 Å². The number of carbonyl (C=O) groups is 1. The number of nitrogens with one attached hydrogen (secondary N) is 2. The lowest BCUT2D eigenvalue weighted by Crippen LogP contribution is -2.15. The third-order valence-electron chi connectivity index (χ3n) is 3.95. The van der Waals surface area contributed by atoms with E-state index >= 15 is 0 Å². The molecule has 3 rings (SSSR count). The summed E-state index contributed by atoms with van der Waals surface area (Å²) < 4.78 is 5.39. The number of hydrogen-bond donors (Lipinski definition) is 2. The van der Waals surface area contributed by atoms with Crippen molar-refractivity contribution in [1.29, 1.82) is 0 Å². The Morgan fingerprint density at radius 2 is 2.41 bits per heavy atom. The van der Waals surface area contributed by atoms with Gasteiger partial charge in [0.25, 0.3) is 0 Å². The molecule has 0 bridgehead atoms. The molecule has 0 saturated carbocycles. The number of aromatic nitrogens is 1. The molecular formula is C17H21N3O2. The van der Waals surface area contributed by atoms with Gasteiger partial charge in [0.05, 0.1) is 5.69 Å². The van der Waals surface area contributed by atoms with E-state index in [1.807, 2.05) is 31.2 Å². The van der Waals surface area contributed by atoms with Gasteiger partial charge in [0.15, 0.2) is 0 Å². The molecule has 1 aromatic heterocycles. The molecule has 2 aromatic rings. The number of aryl methyl sites for hydroxylation is 1. The van der Waals surface area contributed by atoms with Crippen LogP contribution < -0.4 is 10.6 Å². The summed E-state index contributed by atoms with van der Waals surface area (Å²) in [4.78, 5) is 16.4. The van der Waals surface area contributed by atoms with Crippen LogP contribution in [0.25, 0.3) is 11.5 Å². The Hall–Kier alpha value is -2.14. The number of benzene rings is 1. The largest absolute Gasteiger partial charge is 0.444 e.